The molecule has 7 nitrogen and oxygen atoms in total. The van der Waals surface area contributed by atoms with Gasteiger partial charge >= 0.3 is 0 Å². The second kappa shape index (κ2) is 9.78. The van der Waals surface area contributed by atoms with Crippen LogP contribution in [0.4, 0.5) is 22.9 Å². The molecule has 0 aliphatic carbocycles. The fourth-order valence-electron chi connectivity index (χ4n) is 4.51. The highest BCUT2D eigenvalue weighted by molar-refractivity contribution is 6.08. The zero-order valence-electron chi connectivity index (χ0n) is 21.0. The molecule has 0 radical (unpaired) electrons. The minimum atomic E-state index is -0.300. The van der Waals surface area contributed by atoms with Crippen molar-refractivity contribution in [2.24, 2.45) is 0 Å². The topological polar surface area (TPSA) is 83.6 Å². The minimum Gasteiger partial charge on any atom is -0.457 e. The van der Waals surface area contributed by atoms with Gasteiger partial charge in [-0.25, -0.2) is 4.98 Å². The minimum absolute atomic E-state index is 0.0192. The standard InChI is InChI=1S/C30H28N4O3/c1-20(35)34-19-30(2,3)26-16-13-22(18-27(26)34)33-29(36)25-10-7-17-31-28(25)32-21-11-14-24(15-12-21)37-23-8-5-4-6-9-23/h4-18H,19H2,1-3H3,(H,31,32)(H,33,36). The SMILES string of the molecule is CC(=O)N1CC(C)(C)c2ccc(NC(=O)c3cccnc3Nc3ccc(Oc4ccccc4)cc3)cc21. The molecule has 186 valence electrons. The van der Waals surface area contributed by atoms with E-state index in [1.165, 1.54) is 0 Å². The molecule has 1 aliphatic rings. The van der Waals surface area contributed by atoms with Crippen LogP contribution in [0.1, 0.15) is 36.7 Å². The smallest absolute Gasteiger partial charge is 0.259 e. The zero-order chi connectivity index (χ0) is 26.0. The van der Waals surface area contributed by atoms with E-state index in [0.29, 0.717) is 29.4 Å². The number of fused-ring (bicyclic) bond motifs is 1. The number of amides is 2. The number of nitrogens with one attached hydrogen (secondary N) is 2. The van der Waals surface area contributed by atoms with Crippen LogP contribution < -0.4 is 20.3 Å². The normalized spacial score (nSPS) is 13.5. The maximum absolute atomic E-state index is 13.2. The molecule has 0 unspecified atom stereocenters. The Kier molecular flexibility index (Phi) is 6.36. The number of hydrogen-bond donors (Lipinski definition) is 2. The summed E-state index contributed by atoms with van der Waals surface area (Å²) in [7, 11) is 0. The lowest BCUT2D eigenvalue weighted by Gasteiger charge is -2.19. The van der Waals surface area contributed by atoms with E-state index < -0.39 is 0 Å². The van der Waals surface area contributed by atoms with E-state index in [0.717, 1.165) is 22.7 Å². The molecular formula is C30H28N4O3. The molecule has 0 saturated heterocycles. The lowest BCUT2D eigenvalue weighted by atomic mass is 9.87. The summed E-state index contributed by atoms with van der Waals surface area (Å²) in [6, 6.07) is 26.2. The highest BCUT2D eigenvalue weighted by Gasteiger charge is 2.37. The first kappa shape index (κ1) is 24.1. The maximum atomic E-state index is 13.2. The van der Waals surface area contributed by atoms with Crippen LogP contribution in [0.25, 0.3) is 0 Å². The van der Waals surface area contributed by atoms with Gasteiger partial charge in [0.25, 0.3) is 5.91 Å². The zero-order valence-corrected chi connectivity index (χ0v) is 21.0. The summed E-state index contributed by atoms with van der Waals surface area (Å²) in [4.78, 5) is 31.6. The summed E-state index contributed by atoms with van der Waals surface area (Å²) in [5.41, 5.74) is 3.55. The molecule has 2 amide bonds. The number of para-hydroxylation sites is 1. The third-order valence-corrected chi connectivity index (χ3v) is 6.36. The van der Waals surface area contributed by atoms with E-state index in [-0.39, 0.29) is 17.2 Å². The summed E-state index contributed by atoms with van der Waals surface area (Å²) < 4.78 is 5.85. The van der Waals surface area contributed by atoms with Crippen molar-refractivity contribution in [3.8, 4) is 11.5 Å². The van der Waals surface area contributed by atoms with Gasteiger partial charge in [-0.2, -0.15) is 0 Å². The molecule has 0 fully saturated rings. The molecule has 0 saturated carbocycles. The number of pyridine rings is 1. The summed E-state index contributed by atoms with van der Waals surface area (Å²) in [6.45, 7) is 6.40. The molecule has 1 aromatic heterocycles. The number of ether oxygens (including phenoxy) is 1. The third kappa shape index (κ3) is 5.16. The van der Waals surface area contributed by atoms with E-state index in [1.807, 2.05) is 72.8 Å². The number of nitrogens with zero attached hydrogens (tertiary/aromatic N) is 2. The Morgan fingerprint density at radius 1 is 0.892 bits per heavy atom. The van der Waals surface area contributed by atoms with Crippen LogP contribution in [0.2, 0.25) is 0 Å². The predicted molar refractivity (Wildman–Crippen MR) is 146 cm³/mol. The molecule has 0 bridgehead atoms. The lowest BCUT2D eigenvalue weighted by Crippen LogP contribution is -2.32. The molecule has 0 atom stereocenters. The van der Waals surface area contributed by atoms with Crippen molar-refractivity contribution < 1.29 is 14.3 Å². The molecule has 2 N–H and O–H groups in total. The first-order valence-electron chi connectivity index (χ1n) is 12.1. The molecule has 37 heavy (non-hydrogen) atoms. The average Bonchev–Trinajstić information content (AvgIpc) is 3.16. The van der Waals surface area contributed by atoms with Crippen LogP contribution >= 0.6 is 0 Å². The molecule has 0 spiro atoms. The van der Waals surface area contributed by atoms with Crippen molar-refractivity contribution in [2.75, 3.05) is 22.1 Å². The van der Waals surface area contributed by atoms with Gasteiger partial charge in [0.05, 0.1) is 5.56 Å². The number of hydrogen-bond acceptors (Lipinski definition) is 5. The average molecular weight is 493 g/mol. The fourth-order valence-corrected chi connectivity index (χ4v) is 4.51. The Morgan fingerprint density at radius 2 is 1.59 bits per heavy atom. The van der Waals surface area contributed by atoms with Crippen molar-refractivity contribution in [3.63, 3.8) is 0 Å². The summed E-state index contributed by atoms with van der Waals surface area (Å²) >= 11 is 0. The van der Waals surface area contributed by atoms with Crippen molar-refractivity contribution >= 4 is 34.7 Å². The summed E-state index contributed by atoms with van der Waals surface area (Å²) in [6.07, 6.45) is 1.63. The molecule has 1 aliphatic heterocycles. The van der Waals surface area contributed by atoms with Crippen molar-refractivity contribution in [2.45, 2.75) is 26.2 Å². The molecule has 7 heteroatoms. The second-order valence-corrected chi connectivity index (χ2v) is 9.64. The Labute approximate surface area is 216 Å². The highest BCUT2D eigenvalue weighted by atomic mass is 16.5. The van der Waals surface area contributed by atoms with Gasteiger partial charge in [0, 0.05) is 42.1 Å². The first-order chi connectivity index (χ1) is 17.8. The van der Waals surface area contributed by atoms with Crippen molar-refractivity contribution in [3.05, 3.63) is 102 Å². The Bertz CT molecular complexity index is 1450. The second-order valence-electron chi connectivity index (χ2n) is 9.64. The van der Waals surface area contributed by atoms with Crippen molar-refractivity contribution in [1.82, 2.24) is 4.98 Å². The van der Waals surface area contributed by atoms with E-state index in [9.17, 15) is 9.59 Å². The van der Waals surface area contributed by atoms with E-state index in [2.05, 4.69) is 29.5 Å². The summed E-state index contributed by atoms with van der Waals surface area (Å²) in [5.74, 6) is 1.58. The maximum Gasteiger partial charge on any atom is 0.259 e. The van der Waals surface area contributed by atoms with Gasteiger partial charge < -0.3 is 20.3 Å². The van der Waals surface area contributed by atoms with Gasteiger partial charge in [0.1, 0.15) is 17.3 Å². The Morgan fingerprint density at radius 3 is 2.32 bits per heavy atom. The molecular weight excluding hydrogens is 464 g/mol. The summed E-state index contributed by atoms with van der Waals surface area (Å²) in [5, 5.41) is 6.18. The van der Waals surface area contributed by atoms with Gasteiger partial charge in [-0.3, -0.25) is 9.59 Å². The van der Waals surface area contributed by atoms with Crippen LogP contribution in [-0.2, 0) is 10.2 Å². The quantitative estimate of drug-likeness (QED) is 0.320. The molecule has 2 heterocycles. The Hall–Kier alpha value is -4.65. The van der Waals surface area contributed by atoms with Gasteiger partial charge in [0.15, 0.2) is 0 Å². The van der Waals surface area contributed by atoms with E-state index in [1.54, 1.807) is 30.2 Å². The Balaban J connectivity index is 1.32. The van der Waals surface area contributed by atoms with E-state index in [4.69, 9.17) is 4.74 Å². The predicted octanol–water partition coefficient (Wildman–Crippen LogP) is 6.51. The van der Waals surface area contributed by atoms with Gasteiger partial charge in [-0.1, -0.05) is 38.1 Å². The number of aromatic nitrogens is 1. The van der Waals surface area contributed by atoms with E-state index >= 15 is 0 Å². The van der Waals surface area contributed by atoms with Crippen LogP contribution in [0.5, 0.6) is 11.5 Å². The van der Waals surface area contributed by atoms with Gasteiger partial charge in [0.2, 0.25) is 5.91 Å². The van der Waals surface area contributed by atoms with Crippen LogP contribution in [0.15, 0.2) is 91.1 Å². The number of carbonyl (C=O) groups excluding carboxylic acids is 2. The highest BCUT2D eigenvalue weighted by Crippen LogP contribution is 2.42. The first-order valence-corrected chi connectivity index (χ1v) is 12.1. The largest absolute Gasteiger partial charge is 0.457 e. The molecule has 3 aromatic carbocycles. The van der Waals surface area contributed by atoms with Crippen LogP contribution in [0, 0.1) is 0 Å². The number of carbonyl (C=O) groups is 2. The van der Waals surface area contributed by atoms with Gasteiger partial charge in [-0.15, -0.1) is 0 Å². The number of anilines is 4. The monoisotopic (exact) mass is 492 g/mol. The molecule has 4 aromatic rings. The molecule has 5 rings (SSSR count). The van der Waals surface area contributed by atoms with Crippen LogP contribution in [0.3, 0.4) is 0 Å². The number of benzene rings is 3. The van der Waals surface area contributed by atoms with Crippen molar-refractivity contribution in [1.29, 1.82) is 0 Å². The van der Waals surface area contributed by atoms with Crippen LogP contribution in [-0.4, -0.2) is 23.3 Å². The number of rotatable bonds is 6. The third-order valence-electron chi connectivity index (χ3n) is 6.36. The van der Waals surface area contributed by atoms with Gasteiger partial charge in [-0.05, 0) is 66.2 Å². The fraction of sp³-hybridized carbons (Fsp3) is 0.167. The lowest BCUT2D eigenvalue weighted by molar-refractivity contribution is -0.116.